The van der Waals surface area contributed by atoms with Crippen LogP contribution in [0.4, 0.5) is 0 Å². The fourth-order valence-electron chi connectivity index (χ4n) is 16.5. The first-order valence-electron chi connectivity index (χ1n) is 40.9. The van der Waals surface area contributed by atoms with Gasteiger partial charge in [-0.3, -0.25) is 19.2 Å². The quantitative estimate of drug-likeness (QED) is 0.0277. The van der Waals surface area contributed by atoms with E-state index in [4.69, 9.17) is 90.0 Å². The van der Waals surface area contributed by atoms with Crippen molar-refractivity contribution in [1.82, 2.24) is 21.3 Å². The Labute approximate surface area is 733 Å². The van der Waals surface area contributed by atoms with E-state index in [1.54, 1.807) is 0 Å². The topological polar surface area (TPSA) is 936 Å². The molecular weight excluding hydrogens is 1790 g/mol. The van der Waals surface area contributed by atoms with Gasteiger partial charge in [0, 0.05) is 27.2 Å². The highest BCUT2D eigenvalue weighted by atomic mass is 16.8. The first-order valence-corrected chi connectivity index (χ1v) is 40.9. The standard InChI is InChI=1S/C71H118N4O55/c1-16(85)72-32-42(98)53(25(10-81)114-61(32)109)123-62-33(73-17(2)86)43(99)54(26(11-82)119-62)124-67-51(107)58(41(97)29(122-67)15-113-65-50(106)57(126-66-49(105)46(102)37(93)22(7-78)116-66)40(96)28(121-65)14-112-64-48(104)45(101)36(92)21(6-77)115-64)127-69-60(47(103)38(94)23(8-79)118-69)128-63-34(74-18(3)87)44(100)55(27(12-83)120-63)125-68-52(108)59(39(95)24(9-80)117-68)130-71(70(110)111)4-19(88)31(75-30(90)13-84)56(129-71)35(91)20(89)5-76/h19-29,31-69,76-84,88-89,91-109H,4-15H2,1-3H3,(H,72,85)(H,73,86)(H,74,87)(H,75,90)(H,110,111)/t19-,20+,21+,22+,23+,24+,25+,26+,27+,28+,29+,31+,32+,33+,34+,35+,36+,37+,38+,39-,40+,41+,42+,43+,44+,45-,46-,47-,48-,49-,50-,51-,52+,53+,54+,55+,56+,57-,58-,59-,60-,61+,62-,63-,64-,65-,66+,67-,68-,69+,71-/m0/s1. The molecule has 10 heterocycles. The molecule has 752 valence electrons. The molecule has 0 saturated carbocycles. The predicted octanol–water partition coefficient (Wildman–Crippen LogP) is -24.1. The van der Waals surface area contributed by atoms with Gasteiger partial charge in [-0.25, -0.2) is 4.79 Å². The summed E-state index contributed by atoms with van der Waals surface area (Å²) < 4.78 is 112. The van der Waals surface area contributed by atoms with Gasteiger partial charge in [-0.1, -0.05) is 0 Å². The molecular formula is C71H118N4O55. The smallest absolute Gasteiger partial charge is 0.364 e. The Bertz CT molecular complexity index is 3570. The number of aliphatic carboxylic acids is 1. The molecule has 10 aliphatic rings. The molecule has 10 saturated heterocycles. The lowest BCUT2D eigenvalue weighted by molar-refractivity contribution is -0.400. The van der Waals surface area contributed by atoms with Crippen LogP contribution in [0.1, 0.15) is 27.2 Å². The van der Waals surface area contributed by atoms with Crippen LogP contribution in [-0.2, 0) is 114 Å². The molecule has 10 rings (SSSR count). The maximum absolute atomic E-state index is 13.3. The Hall–Kier alpha value is -4.61. The van der Waals surface area contributed by atoms with Gasteiger partial charge in [-0.05, 0) is 0 Å². The number of ether oxygens (including phenoxy) is 19. The van der Waals surface area contributed by atoms with Crippen molar-refractivity contribution >= 4 is 29.6 Å². The molecule has 0 radical (unpaired) electrons. The van der Waals surface area contributed by atoms with Gasteiger partial charge in [0.1, 0.15) is 244 Å². The fraction of sp³-hybridized carbons (Fsp3) is 0.930. The van der Waals surface area contributed by atoms with Gasteiger partial charge >= 0.3 is 5.97 Å². The second-order valence-corrected chi connectivity index (χ2v) is 32.5. The summed E-state index contributed by atoms with van der Waals surface area (Å²) in [6.45, 7) is -10.3. The van der Waals surface area contributed by atoms with E-state index in [1.165, 1.54) is 0 Å². The third kappa shape index (κ3) is 23.5. The molecule has 10 fully saturated rings. The molecule has 0 unspecified atom stereocenters. The Balaban J connectivity index is 0.974. The van der Waals surface area contributed by atoms with E-state index in [-0.39, 0.29) is 0 Å². The van der Waals surface area contributed by atoms with Gasteiger partial charge in [0.15, 0.2) is 56.6 Å². The summed E-state index contributed by atoms with van der Waals surface area (Å²) >= 11 is 0. The zero-order chi connectivity index (χ0) is 96.0. The maximum atomic E-state index is 13.3. The first kappa shape index (κ1) is 107. The number of hydrogen-bond acceptors (Lipinski definition) is 54. The molecule has 0 aromatic rings. The number of carbonyl (C=O) groups is 5. The first-order chi connectivity index (χ1) is 61.4. The normalized spacial score (nSPS) is 47.9. The van der Waals surface area contributed by atoms with Crippen LogP contribution in [0.3, 0.4) is 0 Å². The number of aliphatic hydroxyl groups excluding tert-OH is 30. The Morgan fingerprint density at radius 1 is 0.331 bits per heavy atom. The van der Waals surface area contributed by atoms with Crippen molar-refractivity contribution in [3.63, 3.8) is 0 Å². The molecule has 4 amide bonds. The minimum absolute atomic E-state index is 0.820. The molecule has 130 heavy (non-hydrogen) atoms. The molecule has 0 spiro atoms. The van der Waals surface area contributed by atoms with Crippen molar-refractivity contribution in [3.8, 4) is 0 Å². The van der Waals surface area contributed by atoms with Crippen LogP contribution < -0.4 is 21.3 Å². The van der Waals surface area contributed by atoms with Crippen LogP contribution in [0, 0.1) is 0 Å². The lowest BCUT2D eigenvalue weighted by atomic mass is 9.88. The average Bonchev–Trinajstić information content (AvgIpc) is 0.754. The van der Waals surface area contributed by atoms with Crippen LogP contribution in [0.25, 0.3) is 0 Å². The Kier molecular flexibility index (Phi) is 38.6. The molecule has 59 heteroatoms. The number of carbonyl (C=O) groups excluding carboxylic acids is 4. The number of nitrogens with one attached hydrogen (secondary N) is 4. The summed E-state index contributed by atoms with van der Waals surface area (Å²) in [5, 5.41) is 354. The van der Waals surface area contributed by atoms with E-state index in [0.29, 0.717) is 0 Å². The number of aliphatic hydroxyl groups is 30. The highest BCUT2D eigenvalue weighted by Gasteiger charge is 2.64. The van der Waals surface area contributed by atoms with Gasteiger partial charge in [0.2, 0.25) is 23.6 Å². The van der Waals surface area contributed by atoms with Crippen molar-refractivity contribution in [2.75, 3.05) is 72.7 Å². The summed E-state index contributed by atoms with van der Waals surface area (Å²) in [5.41, 5.74) is 0. The fourth-order valence-corrected chi connectivity index (χ4v) is 16.5. The minimum atomic E-state index is -3.39. The molecule has 0 aliphatic carbocycles. The molecule has 51 atom stereocenters. The highest BCUT2D eigenvalue weighted by Crippen LogP contribution is 2.43. The molecule has 0 bridgehead atoms. The van der Waals surface area contributed by atoms with Gasteiger partial charge < -0.3 is 270 Å². The summed E-state index contributed by atoms with van der Waals surface area (Å²) in [5.74, 6) is -9.76. The molecule has 35 N–H and O–H groups in total. The number of rotatable bonds is 36. The largest absolute Gasteiger partial charge is 0.477 e. The summed E-state index contributed by atoms with van der Waals surface area (Å²) in [7, 11) is 0. The van der Waals surface area contributed by atoms with Crippen molar-refractivity contribution in [2.24, 2.45) is 0 Å². The van der Waals surface area contributed by atoms with Crippen LogP contribution in [0.2, 0.25) is 0 Å². The van der Waals surface area contributed by atoms with Crippen LogP contribution in [0.15, 0.2) is 0 Å². The Morgan fingerprint density at radius 2 is 0.662 bits per heavy atom. The predicted molar refractivity (Wildman–Crippen MR) is 395 cm³/mol. The number of hydrogen-bond donors (Lipinski definition) is 35. The highest BCUT2D eigenvalue weighted by molar-refractivity contribution is 5.78. The Morgan fingerprint density at radius 3 is 1.11 bits per heavy atom. The minimum Gasteiger partial charge on any atom is -0.477 e. The van der Waals surface area contributed by atoms with Gasteiger partial charge in [0.05, 0.1) is 78.2 Å². The third-order valence-corrected chi connectivity index (χ3v) is 23.5. The van der Waals surface area contributed by atoms with Crippen molar-refractivity contribution in [1.29, 1.82) is 0 Å². The average molecular weight is 1910 g/mol. The van der Waals surface area contributed by atoms with E-state index in [2.05, 4.69) is 21.3 Å². The zero-order valence-electron chi connectivity index (χ0n) is 69.0. The zero-order valence-corrected chi connectivity index (χ0v) is 69.0. The van der Waals surface area contributed by atoms with Crippen molar-refractivity contribution < 1.29 is 272 Å². The van der Waals surface area contributed by atoms with Crippen LogP contribution in [0.5, 0.6) is 0 Å². The second-order valence-electron chi connectivity index (χ2n) is 32.5. The number of carboxylic acid groups (broad SMARTS) is 1. The van der Waals surface area contributed by atoms with E-state index in [0.717, 1.165) is 20.8 Å². The molecule has 0 aromatic heterocycles. The second kappa shape index (κ2) is 46.7. The monoisotopic (exact) mass is 1910 g/mol. The van der Waals surface area contributed by atoms with Crippen molar-refractivity contribution in [3.05, 3.63) is 0 Å². The van der Waals surface area contributed by atoms with Crippen LogP contribution in [-0.4, -0.2) is 573 Å². The molecule has 10 aliphatic heterocycles. The molecule has 59 nitrogen and oxygen atoms in total. The summed E-state index contributed by atoms with van der Waals surface area (Å²) in [4.78, 5) is 64.2. The summed E-state index contributed by atoms with van der Waals surface area (Å²) in [6.07, 6.45) is -104. The third-order valence-electron chi connectivity index (χ3n) is 23.5. The molecule has 0 aromatic carbocycles. The van der Waals surface area contributed by atoms with Crippen molar-refractivity contribution in [2.45, 2.75) is 340 Å². The number of carboxylic acids is 1. The van der Waals surface area contributed by atoms with Gasteiger partial charge in [0.25, 0.3) is 5.79 Å². The number of amides is 4. The van der Waals surface area contributed by atoms with Gasteiger partial charge in [-0.15, -0.1) is 0 Å². The van der Waals surface area contributed by atoms with E-state index >= 15 is 0 Å². The lowest BCUT2D eigenvalue weighted by Crippen LogP contribution is -2.71. The van der Waals surface area contributed by atoms with Gasteiger partial charge in [-0.2, -0.15) is 0 Å². The van der Waals surface area contributed by atoms with E-state index < -0.39 is 421 Å². The SMILES string of the molecule is CC(=O)N[C@@H]1[C@@H](O)[C@H](O[C@@H]2O[C@H](CO)[C@@H](O[C@@H]3O[C@H](CO[C@H]4O[C@H](CO[C@H]5O[C@H](CO)[C@@H](O)[C@H](O)[C@@H]5O)[C@@H](O)[C@H](O[C@H]5O[C@H](CO)[C@@H](O)[C@H](O)[C@@H]5O)[C@@H]4O)[C@@H](O)[C@H](O[C@H]4O[C@H](CO)[C@@H](O)[C@H](O)[C@@H]4O[C@@H]4O[C@H](CO)[C@@H](O[C@@H]5O[C@H](CO)[C@H](O)[C@H](O[C@]6(C(=O)O)C[C@H](O)[C@@H](NC(=O)CO)[C@H]([C@H](O)[C@H](O)CO)O6)[C@H]5O)[C@H](O)[C@H]4NC(C)=O)[C@@H]3O)[C@H](O)[C@H]2NC(C)=O)[C@@H](CO)O[C@H]1O. The van der Waals surface area contributed by atoms with Crippen LogP contribution >= 0.6 is 0 Å². The maximum Gasteiger partial charge on any atom is 0.364 e. The van der Waals surface area contributed by atoms with E-state index in [9.17, 15) is 182 Å². The van der Waals surface area contributed by atoms with E-state index in [1.807, 2.05) is 0 Å². The summed E-state index contributed by atoms with van der Waals surface area (Å²) in [6, 6.07) is -7.78. The lowest BCUT2D eigenvalue weighted by Gasteiger charge is -2.51.